The van der Waals surface area contributed by atoms with E-state index < -0.39 is 6.10 Å². The molecular weight excluding hydrogens is 865 g/mol. The number of esters is 3. The molecule has 0 aromatic heterocycles. The van der Waals surface area contributed by atoms with Crippen LogP contribution >= 0.6 is 0 Å². The fourth-order valence-electron chi connectivity index (χ4n) is 6.16. The Labute approximate surface area is 427 Å². The molecule has 1 unspecified atom stereocenters. The predicted molar refractivity (Wildman–Crippen MR) is 301 cm³/mol. The van der Waals surface area contributed by atoms with Gasteiger partial charge < -0.3 is 14.2 Å². The second-order valence-electron chi connectivity index (χ2n) is 16.6. The highest BCUT2D eigenvalue weighted by Crippen LogP contribution is 2.11. The highest BCUT2D eigenvalue weighted by molar-refractivity contribution is 5.71. The first kappa shape index (κ1) is 64.2. The minimum Gasteiger partial charge on any atom is -0.462 e. The summed E-state index contributed by atoms with van der Waals surface area (Å²) < 4.78 is 16.7. The monoisotopic (exact) mass is 957 g/mol. The summed E-state index contributed by atoms with van der Waals surface area (Å²) in [7, 11) is 0. The fourth-order valence-corrected chi connectivity index (χ4v) is 6.16. The van der Waals surface area contributed by atoms with E-state index in [1.165, 1.54) is 6.42 Å². The van der Waals surface area contributed by atoms with Crippen LogP contribution in [-0.4, -0.2) is 37.2 Å². The summed E-state index contributed by atoms with van der Waals surface area (Å²) in [6.07, 6.45) is 85.6. The quantitative estimate of drug-likeness (QED) is 0.0199. The average Bonchev–Trinajstić information content (AvgIpc) is 3.36. The van der Waals surface area contributed by atoms with Crippen LogP contribution in [0.25, 0.3) is 0 Å². The lowest BCUT2D eigenvalue weighted by molar-refractivity contribution is -0.166. The first-order chi connectivity index (χ1) is 34.5. The minimum absolute atomic E-state index is 0.146. The van der Waals surface area contributed by atoms with Crippen molar-refractivity contribution in [2.75, 3.05) is 13.2 Å². The zero-order chi connectivity index (χ0) is 50.7. The van der Waals surface area contributed by atoms with Gasteiger partial charge in [-0.15, -0.1) is 0 Å². The van der Waals surface area contributed by atoms with E-state index in [1.807, 2.05) is 97.2 Å². The summed E-state index contributed by atoms with van der Waals surface area (Å²) in [6, 6.07) is 0. The van der Waals surface area contributed by atoms with Crippen molar-refractivity contribution in [2.24, 2.45) is 0 Å². The maximum atomic E-state index is 12.8. The van der Waals surface area contributed by atoms with Crippen LogP contribution in [0.3, 0.4) is 0 Å². The van der Waals surface area contributed by atoms with Crippen LogP contribution in [0.4, 0.5) is 0 Å². The topological polar surface area (TPSA) is 78.9 Å². The fraction of sp³-hybridized carbons (Fsp3) is 0.453. The number of ether oxygens (including phenoxy) is 3. The maximum Gasteiger partial charge on any atom is 0.306 e. The van der Waals surface area contributed by atoms with Crippen LogP contribution in [-0.2, 0) is 28.6 Å². The molecule has 0 aliphatic rings. The van der Waals surface area contributed by atoms with E-state index in [0.29, 0.717) is 19.3 Å². The molecule has 0 aromatic carbocycles. The van der Waals surface area contributed by atoms with Gasteiger partial charge in [0.05, 0.1) is 0 Å². The normalized spacial score (nSPS) is 13.7. The molecule has 0 fully saturated rings. The number of unbranched alkanes of at least 4 members (excludes halogenated alkanes) is 9. The minimum atomic E-state index is -0.853. The van der Waals surface area contributed by atoms with Gasteiger partial charge >= 0.3 is 17.9 Å². The second-order valence-corrected chi connectivity index (χ2v) is 16.6. The van der Waals surface area contributed by atoms with Crippen molar-refractivity contribution in [3.05, 3.63) is 194 Å². The third-order valence-electron chi connectivity index (χ3n) is 10.1. The first-order valence-corrected chi connectivity index (χ1v) is 26.6. The van der Waals surface area contributed by atoms with Crippen molar-refractivity contribution in [2.45, 2.75) is 175 Å². The Bertz CT molecular complexity index is 1760. The first-order valence-electron chi connectivity index (χ1n) is 26.6. The Morgan fingerprint density at radius 1 is 0.314 bits per heavy atom. The zero-order valence-corrected chi connectivity index (χ0v) is 43.7. The molecule has 6 nitrogen and oxygen atoms in total. The Hall–Kier alpha value is -5.75. The van der Waals surface area contributed by atoms with E-state index in [0.717, 1.165) is 103 Å². The number of allylic oxidation sites excluding steroid dienone is 32. The molecule has 0 spiro atoms. The second kappa shape index (κ2) is 55.8. The van der Waals surface area contributed by atoms with E-state index in [-0.39, 0.29) is 50.4 Å². The molecule has 0 aliphatic heterocycles. The molecule has 0 N–H and O–H groups in total. The molecule has 0 heterocycles. The van der Waals surface area contributed by atoms with E-state index in [4.69, 9.17) is 14.2 Å². The molecule has 0 aromatic rings. The lowest BCUT2D eigenvalue weighted by atomic mass is 10.1. The van der Waals surface area contributed by atoms with Crippen LogP contribution in [0, 0.1) is 0 Å². The SMILES string of the molecule is CC\C=C/C=C\C=C/C=C\C=C/CCCCCC(=O)OCC(COC(=O)CC/C=C\C/C=C\C/C=C\C/C=C\C/C=C\C/C=C\CC)OC(=O)CCCCCCC\C=C/C=C\C=C/C=C\C=C/CCC. The summed E-state index contributed by atoms with van der Waals surface area (Å²) in [5.74, 6) is -1.11. The molecule has 0 radical (unpaired) electrons. The molecule has 6 heteroatoms. The van der Waals surface area contributed by atoms with Crippen molar-refractivity contribution >= 4 is 17.9 Å². The summed E-state index contributed by atoms with van der Waals surface area (Å²) in [5, 5.41) is 0. The zero-order valence-electron chi connectivity index (χ0n) is 43.7. The summed E-state index contributed by atoms with van der Waals surface area (Å²) in [6.45, 7) is 6.13. The van der Waals surface area contributed by atoms with Crippen molar-refractivity contribution in [3.63, 3.8) is 0 Å². The molecule has 0 aliphatic carbocycles. The molecule has 1 atom stereocenters. The maximum absolute atomic E-state index is 12.8. The van der Waals surface area contributed by atoms with Crippen LogP contribution in [0.5, 0.6) is 0 Å². The smallest absolute Gasteiger partial charge is 0.306 e. The highest BCUT2D eigenvalue weighted by atomic mass is 16.6. The van der Waals surface area contributed by atoms with E-state index in [2.05, 4.69) is 118 Å². The van der Waals surface area contributed by atoms with Crippen molar-refractivity contribution in [1.82, 2.24) is 0 Å². The van der Waals surface area contributed by atoms with Gasteiger partial charge in [0, 0.05) is 19.3 Å². The largest absolute Gasteiger partial charge is 0.462 e. The van der Waals surface area contributed by atoms with Crippen molar-refractivity contribution in [3.8, 4) is 0 Å². The number of hydrogen-bond acceptors (Lipinski definition) is 6. The molecule has 0 rings (SSSR count). The number of hydrogen-bond donors (Lipinski definition) is 0. The number of rotatable bonds is 44. The van der Waals surface area contributed by atoms with Gasteiger partial charge in [0.25, 0.3) is 0 Å². The van der Waals surface area contributed by atoms with Gasteiger partial charge in [-0.1, -0.05) is 247 Å². The highest BCUT2D eigenvalue weighted by Gasteiger charge is 2.19. The Balaban J connectivity index is 4.69. The molecule has 70 heavy (non-hydrogen) atoms. The van der Waals surface area contributed by atoms with Crippen molar-refractivity contribution < 1.29 is 28.6 Å². The Morgan fingerprint density at radius 3 is 1.11 bits per heavy atom. The van der Waals surface area contributed by atoms with Gasteiger partial charge in [-0.2, -0.15) is 0 Å². The van der Waals surface area contributed by atoms with Gasteiger partial charge in [0.1, 0.15) is 13.2 Å². The number of carbonyl (C=O) groups is 3. The van der Waals surface area contributed by atoms with Crippen LogP contribution in [0.1, 0.15) is 168 Å². The standard InChI is InChI=1S/C64H92O6/c1-4-7-10-13-16-19-22-25-28-30-32-34-36-39-42-45-48-51-54-57-63(66)69-60-61(59-68-62(65)56-53-50-47-44-41-38-35-27-24-21-18-15-12-9-6-3)70-64(67)58-55-52-49-46-43-40-37-33-31-29-26-23-20-17-14-11-8-5-2/h7,9-12,14-21,23-29,31-35,37-39,41-42,48,51,61H,4-6,8,13,22,30,36,40,43-47,49-50,52-60H2,1-3H3/b10-7-,12-9-,14-11-,18-15-,19-16-,20-17-,24-21-,26-23-,28-25-,31-29-,34-32-,35-27-,37-33-,41-38-,42-39-,51-48-. The van der Waals surface area contributed by atoms with Gasteiger partial charge in [-0.05, 0) is 96.3 Å². The Morgan fingerprint density at radius 2 is 0.657 bits per heavy atom. The van der Waals surface area contributed by atoms with Crippen LogP contribution in [0.2, 0.25) is 0 Å². The van der Waals surface area contributed by atoms with Crippen molar-refractivity contribution in [1.29, 1.82) is 0 Å². The van der Waals surface area contributed by atoms with E-state index in [9.17, 15) is 14.4 Å². The third-order valence-corrected chi connectivity index (χ3v) is 10.1. The van der Waals surface area contributed by atoms with Crippen LogP contribution < -0.4 is 0 Å². The van der Waals surface area contributed by atoms with Gasteiger partial charge in [0.15, 0.2) is 6.10 Å². The summed E-state index contributed by atoms with van der Waals surface area (Å²) >= 11 is 0. The summed E-state index contributed by atoms with van der Waals surface area (Å²) in [4.78, 5) is 38.1. The lowest BCUT2D eigenvalue weighted by Gasteiger charge is -2.18. The predicted octanol–water partition coefficient (Wildman–Crippen LogP) is 17.9. The van der Waals surface area contributed by atoms with E-state index >= 15 is 0 Å². The van der Waals surface area contributed by atoms with Crippen LogP contribution in [0.15, 0.2) is 194 Å². The molecule has 0 saturated heterocycles. The molecule has 0 bridgehead atoms. The average molecular weight is 957 g/mol. The molecule has 384 valence electrons. The molecule has 0 saturated carbocycles. The molecule has 0 amide bonds. The van der Waals surface area contributed by atoms with Gasteiger partial charge in [-0.25, -0.2) is 0 Å². The summed E-state index contributed by atoms with van der Waals surface area (Å²) in [5.41, 5.74) is 0. The number of carbonyl (C=O) groups excluding carboxylic acids is 3. The van der Waals surface area contributed by atoms with Gasteiger partial charge in [0.2, 0.25) is 0 Å². The molecular formula is C64H92O6. The Kier molecular flexibility index (Phi) is 51.3. The van der Waals surface area contributed by atoms with E-state index in [1.54, 1.807) is 0 Å². The van der Waals surface area contributed by atoms with Gasteiger partial charge in [-0.3, -0.25) is 14.4 Å². The third kappa shape index (κ3) is 53.2. The lowest BCUT2D eigenvalue weighted by Crippen LogP contribution is -2.30.